The average Bonchev–Trinajstić information content (AvgIpc) is 3.40. The fourth-order valence-corrected chi connectivity index (χ4v) is 6.37. The van der Waals surface area contributed by atoms with E-state index in [4.69, 9.17) is 0 Å². The topological polar surface area (TPSA) is 81.7 Å². The van der Waals surface area contributed by atoms with Gasteiger partial charge in [0.2, 0.25) is 5.91 Å². The van der Waals surface area contributed by atoms with Crippen LogP contribution in [0.3, 0.4) is 0 Å². The zero-order chi connectivity index (χ0) is 25.8. The van der Waals surface area contributed by atoms with Crippen molar-refractivity contribution in [3.05, 3.63) is 72.1 Å². The fourth-order valence-electron chi connectivity index (χ4n) is 6.37. The maximum absolute atomic E-state index is 13.1. The summed E-state index contributed by atoms with van der Waals surface area (Å²) < 4.78 is 0. The van der Waals surface area contributed by atoms with Gasteiger partial charge in [-0.2, -0.15) is 0 Å². The monoisotopic (exact) mass is 496 g/mol. The van der Waals surface area contributed by atoms with E-state index in [0.29, 0.717) is 24.5 Å². The molecule has 2 aliphatic heterocycles. The average molecular weight is 497 g/mol. The second-order valence-electron chi connectivity index (χ2n) is 10.8. The van der Waals surface area contributed by atoms with Crippen molar-refractivity contribution in [2.24, 2.45) is 0 Å². The van der Waals surface area contributed by atoms with Crippen molar-refractivity contribution in [3.8, 4) is 11.4 Å². The third-order valence-corrected chi connectivity index (χ3v) is 8.69. The summed E-state index contributed by atoms with van der Waals surface area (Å²) in [6, 6.07) is 16.4. The van der Waals surface area contributed by atoms with Crippen LogP contribution < -0.4 is 15.1 Å². The van der Waals surface area contributed by atoms with Crippen molar-refractivity contribution in [2.75, 3.05) is 37.5 Å². The lowest BCUT2D eigenvalue weighted by Crippen LogP contribution is -2.54. The van der Waals surface area contributed by atoms with Gasteiger partial charge in [0.1, 0.15) is 0 Å². The van der Waals surface area contributed by atoms with E-state index in [1.54, 1.807) is 29.2 Å². The molecular weight excluding hydrogens is 464 g/mol. The maximum atomic E-state index is 13.1. The number of fused-ring (bicyclic) bond motifs is 1. The van der Waals surface area contributed by atoms with Crippen LogP contribution in [0.2, 0.25) is 0 Å². The Morgan fingerprint density at radius 1 is 0.919 bits per heavy atom. The SMILES string of the molecule is CN1C(=O)Cc2c(-c3ncc(N4C[C@]5(CC[C@](c6ccccc6)(N(C)C)CC5)NC4=O)cn3)cccc21. The molecule has 8 heteroatoms. The van der Waals surface area contributed by atoms with Crippen LogP contribution in [0.1, 0.15) is 36.8 Å². The Bertz CT molecular complexity index is 1350. The number of rotatable bonds is 4. The summed E-state index contributed by atoms with van der Waals surface area (Å²) in [6.45, 7) is 0.604. The number of urea groups is 1. The molecule has 3 heterocycles. The van der Waals surface area contributed by atoms with E-state index >= 15 is 0 Å². The summed E-state index contributed by atoms with van der Waals surface area (Å²) in [4.78, 5) is 40.3. The van der Waals surface area contributed by atoms with Gasteiger partial charge < -0.3 is 10.2 Å². The molecule has 0 bridgehead atoms. The van der Waals surface area contributed by atoms with E-state index < -0.39 is 0 Å². The molecule has 37 heavy (non-hydrogen) atoms. The number of likely N-dealkylation sites (N-methyl/N-ethyl adjacent to an activating group) is 1. The van der Waals surface area contributed by atoms with E-state index in [0.717, 1.165) is 42.5 Å². The van der Waals surface area contributed by atoms with E-state index in [2.05, 4.69) is 64.6 Å². The first kappa shape index (κ1) is 23.6. The number of amides is 3. The molecule has 190 valence electrons. The van der Waals surface area contributed by atoms with Crippen LogP contribution >= 0.6 is 0 Å². The van der Waals surface area contributed by atoms with Gasteiger partial charge in [0.15, 0.2) is 5.82 Å². The molecule has 0 radical (unpaired) electrons. The van der Waals surface area contributed by atoms with Gasteiger partial charge in [-0.3, -0.25) is 14.6 Å². The molecule has 0 unspecified atom stereocenters. The Hall–Kier alpha value is -3.78. The van der Waals surface area contributed by atoms with Crippen molar-refractivity contribution in [1.82, 2.24) is 20.2 Å². The summed E-state index contributed by atoms with van der Waals surface area (Å²) >= 11 is 0. The highest BCUT2D eigenvalue weighted by atomic mass is 16.2. The summed E-state index contributed by atoms with van der Waals surface area (Å²) in [5.74, 6) is 0.630. The number of benzene rings is 2. The standard InChI is InChI=1S/C29H32N6O2/c1-33(2)29(20-8-5-4-6-9-20)14-12-28(13-15-29)19-35(27(37)32-28)21-17-30-26(31-18-21)22-10-7-11-24-23(22)16-25(36)34(24)3/h4-11,17-18H,12-16,19H2,1-3H3,(H,32,37)/t28-,29+. The largest absolute Gasteiger partial charge is 0.330 e. The fraction of sp³-hybridized carbons (Fsp3) is 0.379. The van der Waals surface area contributed by atoms with E-state index in [1.165, 1.54) is 5.56 Å². The molecule has 3 amide bonds. The van der Waals surface area contributed by atoms with Crippen LogP contribution in [0, 0.1) is 0 Å². The van der Waals surface area contributed by atoms with Gasteiger partial charge in [-0.15, -0.1) is 0 Å². The van der Waals surface area contributed by atoms with Crippen LogP contribution in [-0.2, 0) is 16.8 Å². The van der Waals surface area contributed by atoms with Crippen LogP contribution in [0.25, 0.3) is 11.4 Å². The van der Waals surface area contributed by atoms with Gasteiger partial charge in [0, 0.05) is 23.8 Å². The maximum Gasteiger partial charge on any atom is 0.322 e. The number of carbonyl (C=O) groups excluding carboxylic acids is 2. The predicted molar refractivity (Wildman–Crippen MR) is 143 cm³/mol. The molecule has 2 fully saturated rings. The Kier molecular flexibility index (Phi) is 5.53. The number of aromatic nitrogens is 2. The Balaban J connectivity index is 1.21. The van der Waals surface area contributed by atoms with Crippen molar-refractivity contribution in [2.45, 2.75) is 43.2 Å². The molecule has 1 N–H and O–H groups in total. The van der Waals surface area contributed by atoms with Gasteiger partial charge in [0.25, 0.3) is 0 Å². The van der Waals surface area contributed by atoms with Crippen LogP contribution in [0.4, 0.5) is 16.2 Å². The first-order chi connectivity index (χ1) is 17.8. The van der Waals surface area contributed by atoms with E-state index in [-0.39, 0.29) is 23.0 Å². The molecular formula is C29H32N6O2. The van der Waals surface area contributed by atoms with Gasteiger partial charge in [-0.1, -0.05) is 42.5 Å². The van der Waals surface area contributed by atoms with Crippen LogP contribution in [0.15, 0.2) is 60.9 Å². The van der Waals surface area contributed by atoms with Crippen molar-refractivity contribution >= 4 is 23.3 Å². The van der Waals surface area contributed by atoms with E-state index in [1.807, 2.05) is 18.2 Å². The molecule has 3 aromatic rings. The van der Waals surface area contributed by atoms with Gasteiger partial charge in [-0.05, 0) is 57.0 Å². The minimum atomic E-state index is -0.255. The molecule has 2 aromatic carbocycles. The first-order valence-corrected chi connectivity index (χ1v) is 12.9. The Morgan fingerprint density at radius 2 is 1.62 bits per heavy atom. The molecule has 0 atom stereocenters. The highest BCUT2D eigenvalue weighted by Gasteiger charge is 2.50. The predicted octanol–water partition coefficient (Wildman–Crippen LogP) is 3.96. The van der Waals surface area contributed by atoms with Gasteiger partial charge >= 0.3 is 6.03 Å². The normalized spacial score (nSPS) is 25.2. The number of nitrogens with one attached hydrogen (secondary N) is 1. The zero-order valence-corrected chi connectivity index (χ0v) is 21.6. The molecule has 1 saturated carbocycles. The van der Waals surface area contributed by atoms with Crippen molar-refractivity contribution < 1.29 is 9.59 Å². The number of anilines is 2. The van der Waals surface area contributed by atoms with Crippen LogP contribution in [-0.4, -0.2) is 60.0 Å². The molecule has 1 spiro atoms. The molecule has 3 aliphatic rings. The van der Waals surface area contributed by atoms with Crippen LogP contribution in [0.5, 0.6) is 0 Å². The molecule has 8 nitrogen and oxygen atoms in total. The second kappa shape index (κ2) is 8.66. The summed E-state index contributed by atoms with van der Waals surface area (Å²) in [5, 5.41) is 3.31. The lowest BCUT2D eigenvalue weighted by atomic mass is 9.69. The van der Waals surface area contributed by atoms with Crippen molar-refractivity contribution in [1.29, 1.82) is 0 Å². The third kappa shape index (κ3) is 3.78. The number of carbonyl (C=O) groups is 2. The lowest BCUT2D eigenvalue weighted by molar-refractivity contribution is -0.117. The highest BCUT2D eigenvalue weighted by molar-refractivity contribution is 6.03. The summed E-state index contributed by atoms with van der Waals surface area (Å²) in [6.07, 6.45) is 7.54. The zero-order valence-electron chi connectivity index (χ0n) is 21.6. The number of hydrogen-bond acceptors (Lipinski definition) is 5. The summed E-state index contributed by atoms with van der Waals surface area (Å²) in [7, 11) is 6.09. The quantitative estimate of drug-likeness (QED) is 0.591. The third-order valence-electron chi connectivity index (χ3n) is 8.69. The first-order valence-electron chi connectivity index (χ1n) is 12.9. The lowest BCUT2D eigenvalue weighted by Gasteiger charge is -2.48. The molecule has 1 aliphatic carbocycles. The molecule has 1 saturated heterocycles. The second-order valence-corrected chi connectivity index (χ2v) is 10.8. The highest BCUT2D eigenvalue weighted by Crippen LogP contribution is 2.46. The summed E-state index contributed by atoms with van der Waals surface area (Å²) in [5.41, 5.74) is 4.45. The van der Waals surface area contributed by atoms with Crippen molar-refractivity contribution in [3.63, 3.8) is 0 Å². The number of nitrogens with zero attached hydrogens (tertiary/aromatic N) is 5. The number of hydrogen-bond donors (Lipinski definition) is 1. The van der Waals surface area contributed by atoms with Gasteiger partial charge in [0.05, 0.1) is 36.6 Å². The minimum Gasteiger partial charge on any atom is -0.330 e. The Morgan fingerprint density at radius 3 is 2.30 bits per heavy atom. The Labute approximate surface area is 217 Å². The smallest absolute Gasteiger partial charge is 0.322 e. The molecule has 6 rings (SSSR count). The molecule has 1 aromatic heterocycles. The van der Waals surface area contributed by atoms with E-state index in [9.17, 15) is 9.59 Å². The minimum absolute atomic E-state index is 0.0270. The van der Waals surface area contributed by atoms with Gasteiger partial charge in [-0.25, -0.2) is 14.8 Å².